The molecule has 0 spiro atoms. The molecule has 3 rings (SSSR count). The van der Waals surface area contributed by atoms with Crippen LogP contribution in [0.4, 0.5) is 0 Å². The Kier molecular flexibility index (Phi) is 5.40. The van der Waals surface area contributed by atoms with Gasteiger partial charge in [-0.15, -0.1) is 0 Å². The number of benzene rings is 1. The molecule has 140 valence electrons. The van der Waals surface area contributed by atoms with Crippen molar-refractivity contribution in [1.29, 1.82) is 0 Å². The summed E-state index contributed by atoms with van der Waals surface area (Å²) >= 11 is 0. The first-order valence-electron chi connectivity index (χ1n) is 8.69. The van der Waals surface area contributed by atoms with Crippen LogP contribution < -0.4 is 5.32 Å². The molecule has 0 radical (unpaired) electrons. The summed E-state index contributed by atoms with van der Waals surface area (Å²) in [6, 6.07) is 10.7. The van der Waals surface area contributed by atoms with Crippen molar-refractivity contribution >= 4 is 11.8 Å². The second-order valence-electron chi connectivity index (χ2n) is 6.31. The summed E-state index contributed by atoms with van der Waals surface area (Å²) in [5, 5.41) is 7.08. The molecule has 1 aromatic carbocycles. The monoisotopic (exact) mass is 366 g/mol. The number of amides is 2. The van der Waals surface area contributed by atoms with E-state index in [9.17, 15) is 9.59 Å². The first-order chi connectivity index (χ1) is 13.0. The molecule has 0 saturated heterocycles. The number of carbonyl (C=O) groups is 2. The molecule has 2 heterocycles. The zero-order valence-corrected chi connectivity index (χ0v) is 15.6. The first kappa shape index (κ1) is 18.4. The lowest BCUT2D eigenvalue weighted by Crippen LogP contribution is -2.23. The molecule has 7 heteroatoms. The topological polar surface area (TPSA) is 80.4 Å². The quantitative estimate of drug-likeness (QED) is 0.727. The molecule has 0 bridgehead atoms. The van der Waals surface area contributed by atoms with Crippen molar-refractivity contribution in [2.75, 3.05) is 14.1 Å². The number of nitrogens with one attached hydrogen (secondary N) is 1. The van der Waals surface area contributed by atoms with Gasteiger partial charge in [-0.3, -0.25) is 14.3 Å². The molecule has 7 nitrogen and oxygen atoms in total. The fraction of sp³-hybridized carbons (Fsp3) is 0.250. The number of carbonyl (C=O) groups excluding carboxylic acids is 2. The Morgan fingerprint density at radius 3 is 2.70 bits per heavy atom. The Balaban J connectivity index is 1.66. The van der Waals surface area contributed by atoms with Gasteiger partial charge < -0.3 is 14.6 Å². The maximum absolute atomic E-state index is 12.5. The number of aryl methyl sites for hydroxylation is 1. The van der Waals surface area contributed by atoms with E-state index in [1.54, 1.807) is 38.5 Å². The van der Waals surface area contributed by atoms with Gasteiger partial charge in [0.25, 0.3) is 11.8 Å². The fourth-order valence-corrected chi connectivity index (χ4v) is 2.60. The van der Waals surface area contributed by atoms with Gasteiger partial charge in [-0.1, -0.05) is 12.1 Å². The van der Waals surface area contributed by atoms with E-state index < -0.39 is 0 Å². The van der Waals surface area contributed by atoms with Gasteiger partial charge in [0.2, 0.25) is 0 Å². The van der Waals surface area contributed by atoms with Crippen LogP contribution in [0.3, 0.4) is 0 Å². The molecule has 0 atom stereocenters. The minimum atomic E-state index is -0.215. The highest BCUT2D eigenvalue weighted by molar-refractivity contribution is 5.95. The van der Waals surface area contributed by atoms with Gasteiger partial charge in [0.1, 0.15) is 5.76 Å². The van der Waals surface area contributed by atoms with Crippen LogP contribution >= 0.6 is 0 Å². The zero-order valence-electron chi connectivity index (χ0n) is 15.6. The van der Waals surface area contributed by atoms with Crippen molar-refractivity contribution in [1.82, 2.24) is 20.0 Å². The van der Waals surface area contributed by atoms with E-state index in [1.807, 2.05) is 36.0 Å². The Hall–Kier alpha value is -3.35. The molecule has 0 saturated carbocycles. The van der Waals surface area contributed by atoms with Crippen LogP contribution in [-0.2, 0) is 13.1 Å². The zero-order chi connectivity index (χ0) is 19.4. The predicted octanol–water partition coefficient (Wildman–Crippen LogP) is 2.79. The number of nitrogens with zero attached hydrogens (tertiary/aromatic N) is 3. The average molecular weight is 366 g/mol. The van der Waals surface area contributed by atoms with Gasteiger partial charge in [0, 0.05) is 38.0 Å². The van der Waals surface area contributed by atoms with E-state index in [1.165, 1.54) is 4.90 Å². The summed E-state index contributed by atoms with van der Waals surface area (Å²) in [7, 11) is 3.31. The molecule has 0 aliphatic heterocycles. The Morgan fingerprint density at radius 2 is 2.00 bits per heavy atom. The van der Waals surface area contributed by atoms with Gasteiger partial charge in [0.15, 0.2) is 5.76 Å². The number of hydrogen-bond acceptors (Lipinski definition) is 4. The van der Waals surface area contributed by atoms with E-state index in [-0.39, 0.29) is 24.1 Å². The smallest absolute Gasteiger partial charge is 0.289 e. The van der Waals surface area contributed by atoms with Crippen LogP contribution in [0.2, 0.25) is 0 Å². The molecule has 1 N–H and O–H groups in total. The summed E-state index contributed by atoms with van der Waals surface area (Å²) in [6.45, 7) is 3.02. The predicted molar refractivity (Wildman–Crippen MR) is 101 cm³/mol. The van der Waals surface area contributed by atoms with Crippen LogP contribution in [0.15, 0.2) is 53.2 Å². The van der Waals surface area contributed by atoms with E-state index in [2.05, 4.69) is 10.4 Å². The van der Waals surface area contributed by atoms with Gasteiger partial charge in [-0.05, 0) is 36.8 Å². The summed E-state index contributed by atoms with van der Waals surface area (Å²) in [4.78, 5) is 25.8. The maximum Gasteiger partial charge on any atom is 0.289 e. The van der Waals surface area contributed by atoms with Crippen molar-refractivity contribution in [2.24, 2.45) is 0 Å². The van der Waals surface area contributed by atoms with Gasteiger partial charge in [0.05, 0.1) is 12.7 Å². The largest absolute Gasteiger partial charge is 0.454 e. The highest BCUT2D eigenvalue weighted by atomic mass is 16.4. The number of furan rings is 1. The van der Waals surface area contributed by atoms with Crippen LogP contribution in [-0.4, -0.2) is 40.6 Å². The van der Waals surface area contributed by atoms with Crippen molar-refractivity contribution in [3.63, 3.8) is 0 Å². The number of aromatic nitrogens is 2. The van der Waals surface area contributed by atoms with Crippen LogP contribution in [0, 0.1) is 0 Å². The summed E-state index contributed by atoms with van der Waals surface area (Å²) in [5.41, 5.74) is 2.44. The Labute approximate surface area is 157 Å². The summed E-state index contributed by atoms with van der Waals surface area (Å²) in [6.07, 6.45) is 3.73. The van der Waals surface area contributed by atoms with E-state index in [0.717, 1.165) is 17.7 Å². The SMILES string of the molecule is CCn1cc(-c2cccc(C(=O)NCc3ccc(C(=O)N(C)C)o3)c2)cn1. The molecule has 3 aromatic rings. The first-order valence-corrected chi connectivity index (χ1v) is 8.69. The lowest BCUT2D eigenvalue weighted by molar-refractivity contribution is 0.0794. The normalized spacial score (nSPS) is 10.6. The summed E-state index contributed by atoms with van der Waals surface area (Å²) in [5.74, 6) is 0.345. The lowest BCUT2D eigenvalue weighted by Gasteiger charge is -2.07. The van der Waals surface area contributed by atoms with E-state index >= 15 is 0 Å². The maximum atomic E-state index is 12.5. The fourth-order valence-electron chi connectivity index (χ4n) is 2.60. The minimum Gasteiger partial charge on any atom is -0.454 e. The second kappa shape index (κ2) is 7.90. The van der Waals surface area contributed by atoms with Gasteiger partial charge >= 0.3 is 0 Å². The minimum absolute atomic E-state index is 0.206. The van der Waals surface area contributed by atoms with Crippen LogP contribution in [0.5, 0.6) is 0 Å². The van der Waals surface area contributed by atoms with E-state index in [4.69, 9.17) is 4.42 Å². The Bertz CT molecular complexity index is 956. The Morgan fingerprint density at radius 1 is 1.19 bits per heavy atom. The molecule has 0 unspecified atom stereocenters. The molecule has 0 fully saturated rings. The molecule has 27 heavy (non-hydrogen) atoms. The molecule has 2 amide bonds. The molecular formula is C20H22N4O3. The number of rotatable bonds is 6. The molecule has 0 aliphatic carbocycles. The average Bonchev–Trinajstić information content (AvgIpc) is 3.35. The number of hydrogen-bond donors (Lipinski definition) is 1. The van der Waals surface area contributed by atoms with Crippen molar-refractivity contribution in [3.05, 3.63) is 65.9 Å². The standard InChI is InChI=1S/C20H22N4O3/c1-4-24-13-16(11-22-24)14-6-5-7-15(10-14)19(25)21-12-17-8-9-18(27-17)20(26)23(2)3/h5-11,13H,4,12H2,1-3H3,(H,21,25). The van der Waals surface area contributed by atoms with Crippen LogP contribution in [0.1, 0.15) is 33.6 Å². The van der Waals surface area contributed by atoms with Crippen LogP contribution in [0.25, 0.3) is 11.1 Å². The highest BCUT2D eigenvalue weighted by Gasteiger charge is 2.14. The second-order valence-corrected chi connectivity index (χ2v) is 6.31. The van der Waals surface area contributed by atoms with E-state index in [0.29, 0.717) is 11.3 Å². The van der Waals surface area contributed by atoms with Crippen molar-refractivity contribution in [3.8, 4) is 11.1 Å². The van der Waals surface area contributed by atoms with Crippen molar-refractivity contribution < 1.29 is 14.0 Å². The highest BCUT2D eigenvalue weighted by Crippen LogP contribution is 2.20. The van der Waals surface area contributed by atoms with Gasteiger partial charge in [-0.2, -0.15) is 5.10 Å². The molecular weight excluding hydrogens is 344 g/mol. The van der Waals surface area contributed by atoms with Gasteiger partial charge in [-0.25, -0.2) is 0 Å². The third-order valence-electron chi connectivity index (χ3n) is 4.12. The van der Waals surface area contributed by atoms with Crippen molar-refractivity contribution in [2.45, 2.75) is 20.0 Å². The third kappa shape index (κ3) is 4.25. The lowest BCUT2D eigenvalue weighted by atomic mass is 10.1. The molecule has 0 aliphatic rings. The molecule has 2 aromatic heterocycles. The summed E-state index contributed by atoms with van der Waals surface area (Å²) < 4.78 is 7.32. The third-order valence-corrected chi connectivity index (χ3v) is 4.12.